The van der Waals surface area contributed by atoms with Gasteiger partial charge in [0, 0.05) is 24.7 Å². The molecule has 2 fully saturated rings. The van der Waals surface area contributed by atoms with Crippen molar-refractivity contribution >= 4 is 23.2 Å². The topological polar surface area (TPSA) is 105 Å². The van der Waals surface area contributed by atoms with Crippen molar-refractivity contribution in [1.29, 1.82) is 0 Å². The number of carboxylic acids is 1. The first kappa shape index (κ1) is 23.2. The maximum absolute atomic E-state index is 12.6. The molecule has 0 aliphatic carbocycles. The van der Waals surface area contributed by atoms with Gasteiger partial charge in [-0.25, -0.2) is 9.78 Å². The van der Waals surface area contributed by atoms with Crippen molar-refractivity contribution in [2.45, 2.75) is 19.3 Å². The van der Waals surface area contributed by atoms with Crippen molar-refractivity contribution in [3.63, 3.8) is 0 Å². The van der Waals surface area contributed by atoms with E-state index in [1.807, 2.05) is 23.7 Å². The minimum atomic E-state index is -5.08. The van der Waals surface area contributed by atoms with E-state index in [4.69, 9.17) is 19.1 Å². The molecule has 3 atom stereocenters. The molecule has 2 aromatic rings. The number of nitrogens with one attached hydrogen (secondary N) is 1. The number of carboxylic acid groups (broad SMARTS) is 1. The third-order valence-corrected chi connectivity index (χ3v) is 5.92. The highest BCUT2D eigenvalue weighted by Gasteiger charge is 2.44. The number of alkyl halides is 3. The van der Waals surface area contributed by atoms with Crippen molar-refractivity contribution in [1.82, 2.24) is 15.2 Å². The van der Waals surface area contributed by atoms with Gasteiger partial charge in [-0.15, -0.1) is 11.3 Å². The summed E-state index contributed by atoms with van der Waals surface area (Å²) in [4.78, 5) is 28.3. The molecule has 0 radical (unpaired) electrons. The highest BCUT2D eigenvalue weighted by molar-refractivity contribution is 7.09. The maximum atomic E-state index is 12.6. The first-order chi connectivity index (χ1) is 14.7. The molecule has 2 aliphatic heterocycles. The Kier molecular flexibility index (Phi) is 7.68. The number of aromatic nitrogens is 1. The van der Waals surface area contributed by atoms with Gasteiger partial charge in [0.05, 0.1) is 38.5 Å². The monoisotopic (exact) mass is 461 g/mol. The molecule has 170 valence electrons. The smallest absolute Gasteiger partial charge is 0.475 e. The average molecular weight is 461 g/mol. The summed E-state index contributed by atoms with van der Waals surface area (Å²) < 4.78 is 42.7. The van der Waals surface area contributed by atoms with Crippen LogP contribution in [0.4, 0.5) is 13.2 Å². The lowest BCUT2D eigenvalue weighted by Crippen LogP contribution is -2.44. The summed E-state index contributed by atoms with van der Waals surface area (Å²) in [7, 11) is 0. The first-order valence-electron chi connectivity index (χ1n) is 9.52. The maximum Gasteiger partial charge on any atom is 0.490 e. The molecule has 0 bridgehead atoms. The molecule has 8 nitrogen and oxygen atoms in total. The number of nitrogens with zero attached hydrogens (tertiary/aromatic N) is 2. The fourth-order valence-electron chi connectivity index (χ4n) is 3.73. The number of aliphatic carboxylic acids is 1. The molecule has 0 spiro atoms. The van der Waals surface area contributed by atoms with E-state index in [1.165, 1.54) is 0 Å². The molecule has 2 saturated heterocycles. The summed E-state index contributed by atoms with van der Waals surface area (Å²) in [5, 5.41) is 13.3. The van der Waals surface area contributed by atoms with Gasteiger partial charge in [0.2, 0.25) is 5.91 Å². The number of hydrogen-bond donors (Lipinski definition) is 2. The van der Waals surface area contributed by atoms with E-state index in [-0.39, 0.29) is 11.8 Å². The Morgan fingerprint density at radius 2 is 2.10 bits per heavy atom. The minimum Gasteiger partial charge on any atom is -0.475 e. The quantitative estimate of drug-likeness (QED) is 0.705. The molecule has 0 saturated carbocycles. The van der Waals surface area contributed by atoms with E-state index in [1.54, 1.807) is 17.6 Å². The van der Waals surface area contributed by atoms with E-state index in [0.717, 1.165) is 37.0 Å². The molecule has 4 rings (SSSR count). The first-order valence-corrected chi connectivity index (χ1v) is 10.4. The van der Waals surface area contributed by atoms with Crippen LogP contribution in [0.15, 0.2) is 34.4 Å². The molecular weight excluding hydrogens is 439 g/mol. The third kappa shape index (κ3) is 6.52. The molecule has 2 N–H and O–H groups in total. The van der Waals surface area contributed by atoms with Gasteiger partial charge in [-0.1, -0.05) is 0 Å². The summed E-state index contributed by atoms with van der Waals surface area (Å²) >= 11 is 1.68. The second-order valence-electron chi connectivity index (χ2n) is 7.29. The van der Waals surface area contributed by atoms with Crippen LogP contribution >= 0.6 is 11.3 Å². The van der Waals surface area contributed by atoms with Crippen LogP contribution in [0.25, 0.3) is 0 Å². The highest BCUT2D eigenvalue weighted by Crippen LogP contribution is 2.35. The summed E-state index contributed by atoms with van der Waals surface area (Å²) in [5.74, 6) is -1.22. The number of furan rings is 1. The SMILES string of the molecule is O=C(NCc1ccco1)[C@H]1COC[C@H]2CN(Cc3nccs3)C[C@H]21.O=C(O)C(F)(F)F. The fourth-order valence-corrected chi connectivity index (χ4v) is 4.39. The summed E-state index contributed by atoms with van der Waals surface area (Å²) in [5.41, 5.74) is 0. The van der Waals surface area contributed by atoms with Gasteiger partial charge in [0.1, 0.15) is 10.8 Å². The molecule has 1 amide bonds. The normalized spacial score (nSPS) is 23.5. The van der Waals surface area contributed by atoms with Crippen LogP contribution < -0.4 is 5.32 Å². The zero-order valence-electron chi connectivity index (χ0n) is 16.4. The van der Waals surface area contributed by atoms with Crippen LogP contribution in [-0.4, -0.2) is 59.3 Å². The van der Waals surface area contributed by atoms with Crippen molar-refractivity contribution in [3.8, 4) is 0 Å². The van der Waals surface area contributed by atoms with Gasteiger partial charge in [0.15, 0.2) is 0 Å². The van der Waals surface area contributed by atoms with Crippen molar-refractivity contribution in [2.75, 3.05) is 26.3 Å². The number of amides is 1. The van der Waals surface area contributed by atoms with Crippen molar-refractivity contribution in [2.24, 2.45) is 17.8 Å². The van der Waals surface area contributed by atoms with Crippen LogP contribution in [0.3, 0.4) is 0 Å². The largest absolute Gasteiger partial charge is 0.490 e. The van der Waals surface area contributed by atoms with Gasteiger partial charge in [-0.05, 0) is 24.0 Å². The number of fused-ring (bicyclic) bond motifs is 1. The number of rotatable bonds is 5. The number of hydrogen-bond acceptors (Lipinski definition) is 7. The van der Waals surface area contributed by atoms with E-state index in [2.05, 4.69) is 15.2 Å². The van der Waals surface area contributed by atoms with Gasteiger partial charge in [0.25, 0.3) is 0 Å². The van der Waals surface area contributed by atoms with Crippen LogP contribution in [0.5, 0.6) is 0 Å². The van der Waals surface area contributed by atoms with Crippen LogP contribution in [0, 0.1) is 17.8 Å². The number of carbonyl (C=O) groups is 2. The lowest BCUT2D eigenvalue weighted by atomic mass is 9.82. The molecule has 2 aromatic heterocycles. The number of thiazole rings is 1. The van der Waals surface area contributed by atoms with Crippen LogP contribution in [0.1, 0.15) is 10.8 Å². The number of halogens is 3. The van der Waals surface area contributed by atoms with Gasteiger partial charge in [-0.3, -0.25) is 9.69 Å². The summed E-state index contributed by atoms with van der Waals surface area (Å²) in [6, 6.07) is 3.69. The zero-order valence-corrected chi connectivity index (χ0v) is 17.2. The van der Waals surface area contributed by atoms with E-state index >= 15 is 0 Å². The van der Waals surface area contributed by atoms with E-state index in [9.17, 15) is 18.0 Å². The summed E-state index contributed by atoms with van der Waals surface area (Å²) in [6.45, 7) is 4.48. The molecule has 4 heterocycles. The van der Waals surface area contributed by atoms with Gasteiger partial charge >= 0.3 is 12.1 Å². The van der Waals surface area contributed by atoms with E-state index < -0.39 is 12.1 Å². The zero-order chi connectivity index (χ0) is 22.4. The molecule has 0 aromatic carbocycles. The highest BCUT2D eigenvalue weighted by atomic mass is 32.1. The molecule has 31 heavy (non-hydrogen) atoms. The molecule has 0 unspecified atom stereocenters. The lowest BCUT2D eigenvalue weighted by Gasteiger charge is -2.31. The number of ether oxygens (including phenoxy) is 1. The fraction of sp³-hybridized carbons (Fsp3) is 0.526. The predicted octanol–water partition coefficient (Wildman–Crippen LogP) is 2.38. The third-order valence-electron chi connectivity index (χ3n) is 5.15. The number of likely N-dealkylation sites (tertiary alicyclic amines) is 1. The number of carbonyl (C=O) groups excluding carboxylic acids is 1. The summed E-state index contributed by atoms with van der Waals surface area (Å²) in [6.07, 6.45) is -1.62. The van der Waals surface area contributed by atoms with E-state index in [0.29, 0.717) is 25.0 Å². The Balaban J connectivity index is 0.000000339. The Morgan fingerprint density at radius 1 is 1.32 bits per heavy atom. The van der Waals surface area contributed by atoms with Crippen LogP contribution in [0.2, 0.25) is 0 Å². The Hall–Kier alpha value is -2.44. The second kappa shape index (κ2) is 10.2. The Bertz CT molecular complexity index is 845. The Morgan fingerprint density at radius 3 is 2.71 bits per heavy atom. The lowest BCUT2D eigenvalue weighted by molar-refractivity contribution is -0.192. The van der Waals surface area contributed by atoms with Crippen molar-refractivity contribution < 1.29 is 37.0 Å². The van der Waals surface area contributed by atoms with Gasteiger partial charge < -0.3 is 19.6 Å². The molecule has 12 heteroatoms. The predicted molar refractivity (Wildman–Crippen MR) is 103 cm³/mol. The molecule has 2 aliphatic rings. The Labute approximate surface area is 180 Å². The standard InChI is InChI=1S/C17H21N3O3S.C2HF3O2/c21-17(19-6-13-2-1-4-23-13)15-11-22-10-12-7-20(8-14(12)15)9-16-18-3-5-24-16;3-2(4,5)1(6)7/h1-5,12,14-15H,6-11H2,(H,19,21);(H,6,7)/t12-,14-,15+;/m1./s1. The van der Waals surface area contributed by atoms with Gasteiger partial charge in [-0.2, -0.15) is 13.2 Å². The average Bonchev–Trinajstić information content (AvgIpc) is 3.47. The van der Waals surface area contributed by atoms with Crippen molar-refractivity contribution in [3.05, 3.63) is 40.7 Å². The molecular formula is C19H22F3N3O5S. The second-order valence-corrected chi connectivity index (χ2v) is 8.27. The van der Waals surface area contributed by atoms with Crippen LogP contribution in [-0.2, 0) is 27.4 Å². The minimum absolute atomic E-state index is 0.0669.